The Balaban J connectivity index is 1.64. The third kappa shape index (κ3) is 3.77. The second-order valence-corrected chi connectivity index (χ2v) is 7.17. The van der Waals surface area contributed by atoms with Crippen LogP contribution in [0.5, 0.6) is 5.75 Å². The number of H-pyrrole nitrogens is 1. The van der Waals surface area contributed by atoms with Gasteiger partial charge in [0, 0.05) is 5.56 Å². The number of aromatic nitrogens is 3. The van der Waals surface area contributed by atoms with E-state index >= 15 is 0 Å². The van der Waals surface area contributed by atoms with Crippen LogP contribution in [0.2, 0.25) is 0 Å². The maximum Gasteiger partial charge on any atom is 0.214 e. The Bertz CT molecular complexity index is 1160. The summed E-state index contributed by atoms with van der Waals surface area (Å²) in [5, 5.41) is 9.28. The van der Waals surface area contributed by atoms with Crippen molar-refractivity contribution in [3.05, 3.63) is 87.9 Å². The van der Waals surface area contributed by atoms with Crippen LogP contribution in [0.1, 0.15) is 22.5 Å². The molecule has 1 heterocycles. The van der Waals surface area contributed by atoms with Gasteiger partial charge in [0.1, 0.15) is 18.2 Å². The zero-order valence-electron chi connectivity index (χ0n) is 15.9. The fraction of sp³-hybridized carbons (Fsp3) is 0.182. The summed E-state index contributed by atoms with van der Waals surface area (Å²) in [6.07, 6.45) is 0. The number of nitrogens with one attached hydrogen (secondary N) is 2. The van der Waals surface area contributed by atoms with Crippen LogP contribution in [0.25, 0.3) is 10.8 Å². The lowest BCUT2D eigenvalue weighted by molar-refractivity contribution is 0.303. The number of rotatable bonds is 6. The van der Waals surface area contributed by atoms with Crippen LogP contribution < -0.4 is 10.2 Å². The van der Waals surface area contributed by atoms with Gasteiger partial charge in [-0.2, -0.15) is 5.10 Å². The lowest BCUT2D eigenvalue weighted by Crippen LogP contribution is -2.17. The minimum absolute atomic E-state index is 0.524. The Kier molecular flexibility index (Phi) is 5.12. The summed E-state index contributed by atoms with van der Waals surface area (Å²) in [6.45, 7) is 5.08. The minimum atomic E-state index is 0.524. The molecular weight excluding hydrogens is 368 g/mol. The molecule has 0 radical (unpaired) electrons. The minimum Gasteiger partial charge on any atom is -0.489 e. The van der Waals surface area contributed by atoms with Gasteiger partial charge in [-0.25, -0.2) is 4.68 Å². The fourth-order valence-corrected chi connectivity index (χ4v) is 3.44. The van der Waals surface area contributed by atoms with Crippen molar-refractivity contribution in [2.45, 2.75) is 27.0 Å². The Labute approximate surface area is 169 Å². The molecule has 1 aromatic heterocycles. The average Bonchev–Trinajstić information content (AvgIpc) is 3.03. The Morgan fingerprint density at radius 1 is 1.04 bits per heavy atom. The Morgan fingerprint density at radius 3 is 2.57 bits per heavy atom. The van der Waals surface area contributed by atoms with Crippen molar-refractivity contribution >= 4 is 23.0 Å². The molecule has 142 valence electrons. The molecule has 3 aromatic carbocycles. The van der Waals surface area contributed by atoms with E-state index in [0.717, 1.165) is 28.1 Å². The highest BCUT2D eigenvalue weighted by molar-refractivity contribution is 7.71. The van der Waals surface area contributed by atoms with Gasteiger partial charge in [-0.3, -0.25) is 5.10 Å². The van der Waals surface area contributed by atoms with Crippen LogP contribution >= 0.6 is 12.2 Å². The zero-order valence-corrected chi connectivity index (χ0v) is 16.7. The molecule has 4 rings (SSSR count). The maximum absolute atomic E-state index is 6.20. The number of hydrogen-bond acceptors (Lipinski definition) is 4. The zero-order chi connectivity index (χ0) is 19.5. The van der Waals surface area contributed by atoms with E-state index in [1.807, 2.05) is 25.1 Å². The van der Waals surface area contributed by atoms with E-state index in [4.69, 9.17) is 17.0 Å². The van der Waals surface area contributed by atoms with Crippen LogP contribution in [0, 0.1) is 18.6 Å². The number of ether oxygens (including phenoxy) is 1. The molecule has 0 aliphatic rings. The second-order valence-electron chi connectivity index (χ2n) is 6.78. The van der Waals surface area contributed by atoms with Crippen LogP contribution in [0.15, 0.2) is 60.7 Å². The third-order valence-corrected chi connectivity index (χ3v) is 5.04. The molecule has 28 heavy (non-hydrogen) atoms. The van der Waals surface area contributed by atoms with Crippen molar-refractivity contribution in [1.29, 1.82) is 0 Å². The van der Waals surface area contributed by atoms with Gasteiger partial charge in [0.2, 0.25) is 4.77 Å². The first-order chi connectivity index (χ1) is 13.6. The highest BCUT2D eigenvalue weighted by Crippen LogP contribution is 2.29. The summed E-state index contributed by atoms with van der Waals surface area (Å²) in [5.41, 5.74) is 6.83. The number of benzene rings is 3. The molecule has 0 bridgehead atoms. The summed E-state index contributed by atoms with van der Waals surface area (Å²) < 4.78 is 8.52. The van der Waals surface area contributed by atoms with Gasteiger partial charge >= 0.3 is 0 Å². The number of hydrogen-bond donors (Lipinski definition) is 2. The van der Waals surface area contributed by atoms with E-state index in [9.17, 15) is 0 Å². The number of aryl methyl sites for hydroxylation is 2. The predicted molar refractivity (Wildman–Crippen MR) is 115 cm³/mol. The molecule has 0 aliphatic carbocycles. The van der Waals surface area contributed by atoms with Gasteiger partial charge in [0.05, 0.1) is 6.54 Å². The number of aromatic amines is 1. The molecule has 0 aliphatic heterocycles. The van der Waals surface area contributed by atoms with Crippen LogP contribution in [0.4, 0.5) is 0 Å². The van der Waals surface area contributed by atoms with Crippen molar-refractivity contribution in [1.82, 2.24) is 14.9 Å². The van der Waals surface area contributed by atoms with E-state index in [0.29, 0.717) is 17.9 Å². The van der Waals surface area contributed by atoms with Gasteiger partial charge in [-0.15, -0.1) is 0 Å². The molecule has 0 saturated carbocycles. The lowest BCUT2D eigenvalue weighted by Gasteiger charge is -2.16. The highest BCUT2D eigenvalue weighted by atomic mass is 32.1. The fourth-order valence-electron chi connectivity index (χ4n) is 3.20. The van der Waals surface area contributed by atoms with Crippen molar-refractivity contribution in [3.63, 3.8) is 0 Å². The molecule has 0 saturated heterocycles. The summed E-state index contributed by atoms with van der Waals surface area (Å²) in [6, 6.07) is 20.9. The summed E-state index contributed by atoms with van der Waals surface area (Å²) in [4.78, 5) is 0. The molecule has 0 amide bonds. The van der Waals surface area contributed by atoms with Gasteiger partial charge < -0.3 is 10.2 Å². The smallest absolute Gasteiger partial charge is 0.214 e. The van der Waals surface area contributed by atoms with E-state index in [1.165, 1.54) is 10.9 Å². The van der Waals surface area contributed by atoms with E-state index < -0.39 is 0 Å². The maximum atomic E-state index is 6.20. The molecule has 4 aromatic rings. The highest BCUT2D eigenvalue weighted by Gasteiger charge is 2.10. The van der Waals surface area contributed by atoms with Gasteiger partial charge in [0.25, 0.3) is 0 Å². The quantitative estimate of drug-likeness (QED) is 0.453. The van der Waals surface area contributed by atoms with Crippen LogP contribution in [0.3, 0.4) is 0 Å². The summed E-state index contributed by atoms with van der Waals surface area (Å²) in [5.74, 6) is 1.65. The molecule has 0 spiro atoms. The van der Waals surface area contributed by atoms with Crippen molar-refractivity contribution in [2.24, 2.45) is 0 Å². The van der Waals surface area contributed by atoms with Crippen LogP contribution in [-0.2, 0) is 13.2 Å². The average molecular weight is 391 g/mol. The topological polar surface area (TPSA) is 54.9 Å². The van der Waals surface area contributed by atoms with E-state index in [2.05, 4.69) is 65.0 Å². The van der Waals surface area contributed by atoms with Gasteiger partial charge in [-0.05, 0) is 48.5 Å². The number of fused-ring (bicyclic) bond motifs is 1. The normalized spacial score (nSPS) is 10.9. The predicted octanol–water partition coefficient (Wildman–Crippen LogP) is 5.03. The Hall–Kier alpha value is -3.12. The first-order valence-corrected chi connectivity index (χ1v) is 9.59. The first kappa shape index (κ1) is 18.3. The molecule has 0 fully saturated rings. The van der Waals surface area contributed by atoms with Gasteiger partial charge in [-0.1, -0.05) is 60.2 Å². The Morgan fingerprint density at radius 2 is 1.82 bits per heavy atom. The van der Waals surface area contributed by atoms with Gasteiger partial charge in [0.15, 0.2) is 0 Å². The second kappa shape index (κ2) is 7.86. The van der Waals surface area contributed by atoms with Crippen LogP contribution in [-0.4, -0.2) is 14.9 Å². The molecular formula is C22H22N4OS. The summed E-state index contributed by atoms with van der Waals surface area (Å²) in [7, 11) is 0. The molecule has 2 N–H and O–H groups in total. The summed E-state index contributed by atoms with van der Waals surface area (Å²) >= 11 is 5.29. The van der Waals surface area contributed by atoms with Crippen molar-refractivity contribution in [3.8, 4) is 5.75 Å². The SMILES string of the molecule is Cc1ccc(COc2ccc3ccccc3c2CNn2c(C)n[nH]c2=S)cc1. The molecule has 5 nitrogen and oxygen atoms in total. The van der Waals surface area contributed by atoms with E-state index in [-0.39, 0.29) is 0 Å². The molecule has 0 atom stereocenters. The first-order valence-electron chi connectivity index (χ1n) is 9.19. The van der Waals surface area contributed by atoms with Crippen molar-refractivity contribution < 1.29 is 4.74 Å². The number of nitrogens with zero attached hydrogens (tertiary/aromatic N) is 2. The largest absolute Gasteiger partial charge is 0.489 e. The molecule has 6 heteroatoms. The monoisotopic (exact) mass is 390 g/mol. The standard InChI is InChI=1S/C22H22N4OS/c1-15-7-9-17(10-8-15)14-27-21-12-11-18-5-3-4-6-19(18)20(21)13-23-26-16(2)24-25-22(26)28/h3-12,23H,13-14H2,1-2H3,(H,25,28). The van der Waals surface area contributed by atoms with Crippen molar-refractivity contribution in [2.75, 3.05) is 5.43 Å². The van der Waals surface area contributed by atoms with E-state index in [1.54, 1.807) is 4.68 Å². The molecule has 0 unspecified atom stereocenters. The third-order valence-electron chi connectivity index (χ3n) is 4.77. The lowest BCUT2D eigenvalue weighted by atomic mass is 10.0.